The van der Waals surface area contributed by atoms with E-state index in [2.05, 4.69) is 15.9 Å². The van der Waals surface area contributed by atoms with E-state index in [1.807, 2.05) is 0 Å². The Hall–Kier alpha value is -1.60. The summed E-state index contributed by atoms with van der Waals surface area (Å²) in [5.41, 5.74) is 1.40. The van der Waals surface area contributed by atoms with Crippen molar-refractivity contribution in [2.24, 2.45) is 5.92 Å². The van der Waals surface area contributed by atoms with E-state index in [1.165, 1.54) is 57.2 Å². The monoisotopic (exact) mass is 313 g/mol. The van der Waals surface area contributed by atoms with Crippen molar-refractivity contribution in [3.63, 3.8) is 0 Å². The normalized spacial score (nSPS) is 28.8. The zero-order chi connectivity index (χ0) is 15.8. The Morgan fingerprint density at radius 2 is 1.87 bits per heavy atom. The number of likely N-dealkylation sites (tertiary alicyclic amines) is 1. The van der Waals surface area contributed by atoms with Gasteiger partial charge in [-0.2, -0.15) is 5.26 Å². The number of rotatable bonds is 2. The van der Waals surface area contributed by atoms with Crippen LogP contribution in [0.5, 0.6) is 0 Å². The third-order valence-electron chi connectivity index (χ3n) is 6.12. The van der Waals surface area contributed by atoms with Crippen LogP contribution in [0.15, 0.2) is 18.2 Å². The minimum Gasteiger partial charge on any atom is -0.366 e. The summed E-state index contributed by atoms with van der Waals surface area (Å²) in [4.78, 5) is 5.06. The Balaban J connectivity index is 1.57. The molecular weight excluding hydrogens is 289 g/mol. The zero-order valence-corrected chi connectivity index (χ0v) is 13.5. The van der Waals surface area contributed by atoms with Crippen molar-refractivity contribution >= 4 is 5.69 Å². The van der Waals surface area contributed by atoms with E-state index in [0.717, 1.165) is 30.7 Å². The second-order valence-electron chi connectivity index (χ2n) is 7.30. The first-order valence-corrected chi connectivity index (χ1v) is 8.96. The highest BCUT2D eigenvalue weighted by atomic mass is 19.1. The van der Waals surface area contributed by atoms with Gasteiger partial charge in [-0.05, 0) is 56.3 Å². The number of anilines is 1. The average Bonchev–Trinajstić information content (AvgIpc) is 3.23. The van der Waals surface area contributed by atoms with Crippen LogP contribution in [0.3, 0.4) is 0 Å². The van der Waals surface area contributed by atoms with E-state index in [0.29, 0.717) is 11.6 Å². The maximum atomic E-state index is 13.4. The van der Waals surface area contributed by atoms with Gasteiger partial charge in [-0.3, -0.25) is 4.90 Å². The summed E-state index contributed by atoms with van der Waals surface area (Å²) < 4.78 is 13.4. The number of halogens is 1. The van der Waals surface area contributed by atoms with Crippen LogP contribution in [-0.2, 0) is 0 Å². The number of nitriles is 1. The van der Waals surface area contributed by atoms with Crippen LogP contribution in [0, 0.1) is 23.1 Å². The van der Waals surface area contributed by atoms with Crippen LogP contribution in [0.2, 0.25) is 0 Å². The molecule has 23 heavy (non-hydrogen) atoms. The van der Waals surface area contributed by atoms with Crippen molar-refractivity contribution in [3.05, 3.63) is 29.6 Å². The first-order chi connectivity index (χ1) is 11.3. The molecule has 0 bridgehead atoms. The van der Waals surface area contributed by atoms with E-state index < -0.39 is 0 Å². The lowest BCUT2D eigenvalue weighted by atomic mass is 9.91. The van der Waals surface area contributed by atoms with Gasteiger partial charge in [0.25, 0.3) is 0 Å². The molecule has 2 atom stereocenters. The van der Waals surface area contributed by atoms with Gasteiger partial charge in [-0.15, -0.1) is 0 Å². The van der Waals surface area contributed by atoms with Crippen LogP contribution >= 0.6 is 0 Å². The van der Waals surface area contributed by atoms with Gasteiger partial charge in [0.1, 0.15) is 11.9 Å². The minimum absolute atomic E-state index is 0.322. The fourth-order valence-corrected chi connectivity index (χ4v) is 4.91. The van der Waals surface area contributed by atoms with Crippen LogP contribution < -0.4 is 4.90 Å². The molecule has 2 saturated heterocycles. The molecule has 0 spiro atoms. The Bertz CT molecular complexity index is 618. The average molecular weight is 313 g/mol. The van der Waals surface area contributed by atoms with Crippen molar-refractivity contribution in [1.82, 2.24) is 4.90 Å². The largest absolute Gasteiger partial charge is 0.366 e. The van der Waals surface area contributed by atoms with Gasteiger partial charge < -0.3 is 4.90 Å². The minimum atomic E-state index is -0.322. The fourth-order valence-electron chi connectivity index (χ4n) is 4.91. The lowest BCUT2D eigenvalue weighted by Gasteiger charge is -2.42. The number of hydrogen-bond acceptors (Lipinski definition) is 3. The molecule has 1 aromatic carbocycles. The maximum absolute atomic E-state index is 13.4. The molecule has 1 aromatic rings. The first-order valence-electron chi connectivity index (χ1n) is 8.96. The summed E-state index contributed by atoms with van der Waals surface area (Å²) in [6.45, 7) is 3.33. The molecule has 0 aromatic heterocycles. The molecule has 122 valence electrons. The Morgan fingerprint density at radius 1 is 1.09 bits per heavy atom. The highest BCUT2D eigenvalue weighted by molar-refractivity contribution is 5.61. The molecule has 3 nitrogen and oxygen atoms in total. The van der Waals surface area contributed by atoms with E-state index in [4.69, 9.17) is 0 Å². The summed E-state index contributed by atoms with van der Waals surface area (Å²) in [5.74, 6) is 0.404. The molecule has 3 aliphatic rings. The molecule has 0 radical (unpaired) electrons. The lowest BCUT2D eigenvalue weighted by Crippen LogP contribution is -2.51. The van der Waals surface area contributed by atoms with Crippen molar-refractivity contribution in [2.75, 3.05) is 24.5 Å². The number of piperidine rings is 1. The molecule has 2 heterocycles. The van der Waals surface area contributed by atoms with Gasteiger partial charge in [0.05, 0.1) is 11.3 Å². The Kier molecular flexibility index (Phi) is 3.98. The van der Waals surface area contributed by atoms with E-state index in [1.54, 1.807) is 6.07 Å². The summed E-state index contributed by atoms with van der Waals surface area (Å²) in [6.07, 6.45) is 7.89. The Labute approximate surface area is 137 Å². The molecule has 1 aliphatic carbocycles. The number of benzene rings is 1. The third-order valence-corrected chi connectivity index (χ3v) is 6.12. The van der Waals surface area contributed by atoms with Crippen molar-refractivity contribution in [3.8, 4) is 6.07 Å². The van der Waals surface area contributed by atoms with Crippen molar-refractivity contribution in [2.45, 2.75) is 50.6 Å². The van der Waals surface area contributed by atoms with E-state index >= 15 is 0 Å². The first kappa shape index (κ1) is 15.0. The molecule has 1 saturated carbocycles. The molecule has 4 rings (SSSR count). The molecule has 0 N–H and O–H groups in total. The number of hydrogen-bond donors (Lipinski definition) is 0. The second kappa shape index (κ2) is 6.13. The van der Waals surface area contributed by atoms with Gasteiger partial charge in [0, 0.05) is 25.2 Å². The molecular formula is C19H24FN3. The van der Waals surface area contributed by atoms with Crippen molar-refractivity contribution < 1.29 is 4.39 Å². The maximum Gasteiger partial charge on any atom is 0.124 e. The highest BCUT2D eigenvalue weighted by Gasteiger charge is 2.40. The summed E-state index contributed by atoms with van der Waals surface area (Å²) >= 11 is 0. The van der Waals surface area contributed by atoms with Gasteiger partial charge in [0.15, 0.2) is 0 Å². The van der Waals surface area contributed by atoms with E-state index in [-0.39, 0.29) is 5.82 Å². The van der Waals surface area contributed by atoms with Gasteiger partial charge in [0.2, 0.25) is 0 Å². The SMILES string of the molecule is N#Cc1cc(F)ccc1N1CCC2CCN(C3CCCC3)CC21. The predicted octanol–water partition coefficient (Wildman–Crippen LogP) is 3.54. The predicted molar refractivity (Wildman–Crippen MR) is 88.8 cm³/mol. The summed E-state index contributed by atoms with van der Waals surface area (Å²) in [5, 5.41) is 9.37. The van der Waals surface area contributed by atoms with Crippen LogP contribution in [0.1, 0.15) is 44.1 Å². The van der Waals surface area contributed by atoms with Crippen LogP contribution in [0.25, 0.3) is 0 Å². The molecule has 0 amide bonds. The molecule has 2 aliphatic heterocycles. The van der Waals surface area contributed by atoms with E-state index in [9.17, 15) is 9.65 Å². The van der Waals surface area contributed by atoms with Gasteiger partial charge in [-0.1, -0.05) is 12.8 Å². The lowest BCUT2D eigenvalue weighted by molar-refractivity contribution is 0.126. The molecule has 2 unspecified atom stereocenters. The molecule has 4 heteroatoms. The quantitative estimate of drug-likeness (QED) is 0.836. The van der Waals surface area contributed by atoms with Gasteiger partial charge in [-0.25, -0.2) is 4.39 Å². The number of nitrogens with zero attached hydrogens (tertiary/aromatic N) is 3. The third kappa shape index (κ3) is 2.72. The standard InChI is InChI=1S/C19H24FN3/c20-16-5-6-18(15(11-16)12-21)23-10-8-14-7-9-22(13-19(14)23)17-3-1-2-4-17/h5-6,11,14,17,19H,1-4,7-10,13H2. The number of fused-ring (bicyclic) bond motifs is 1. The highest BCUT2D eigenvalue weighted by Crippen LogP contribution is 2.38. The van der Waals surface area contributed by atoms with Crippen molar-refractivity contribution in [1.29, 1.82) is 5.26 Å². The van der Waals surface area contributed by atoms with Crippen LogP contribution in [0.4, 0.5) is 10.1 Å². The second-order valence-corrected chi connectivity index (χ2v) is 7.30. The summed E-state index contributed by atoms with van der Waals surface area (Å²) in [6, 6.07) is 8.09. The smallest absolute Gasteiger partial charge is 0.124 e. The molecule has 3 fully saturated rings. The topological polar surface area (TPSA) is 30.3 Å². The van der Waals surface area contributed by atoms with Crippen LogP contribution in [-0.4, -0.2) is 36.6 Å². The van der Waals surface area contributed by atoms with Gasteiger partial charge >= 0.3 is 0 Å². The fraction of sp³-hybridized carbons (Fsp3) is 0.632. The summed E-state index contributed by atoms with van der Waals surface area (Å²) in [7, 11) is 0. The zero-order valence-electron chi connectivity index (χ0n) is 13.5. The Morgan fingerprint density at radius 3 is 2.65 bits per heavy atom.